The standard InChI is InChI=1S/C9H10Cl2N2O2/c1-5-8(11)9(15-12-5)13-4-6(3-10)2-7(13)14/h6H,2-4H2,1H3. The molecule has 0 N–H and O–H groups in total. The fourth-order valence-electron chi connectivity index (χ4n) is 1.60. The minimum atomic E-state index is -0.0151. The predicted octanol–water partition coefficient (Wildman–Crippen LogP) is 2.23. The van der Waals surface area contributed by atoms with Crippen LogP contribution in [0.2, 0.25) is 5.02 Å². The molecule has 1 aliphatic heterocycles. The second-order valence-electron chi connectivity index (χ2n) is 3.62. The zero-order valence-corrected chi connectivity index (χ0v) is 9.68. The van der Waals surface area contributed by atoms with Crippen LogP contribution in [0.4, 0.5) is 5.88 Å². The number of alkyl halides is 1. The number of carbonyl (C=O) groups is 1. The van der Waals surface area contributed by atoms with Crippen LogP contribution >= 0.6 is 23.2 Å². The van der Waals surface area contributed by atoms with Crippen molar-refractivity contribution in [3.63, 3.8) is 0 Å². The molecule has 0 spiro atoms. The molecule has 0 saturated carbocycles. The Morgan fingerprint density at radius 3 is 2.87 bits per heavy atom. The van der Waals surface area contributed by atoms with Crippen molar-refractivity contribution >= 4 is 35.0 Å². The van der Waals surface area contributed by atoms with Crippen LogP contribution in [0.5, 0.6) is 0 Å². The van der Waals surface area contributed by atoms with E-state index in [2.05, 4.69) is 5.16 Å². The second kappa shape index (κ2) is 4.02. The lowest BCUT2D eigenvalue weighted by molar-refractivity contribution is -0.117. The van der Waals surface area contributed by atoms with Crippen LogP contribution in [0.3, 0.4) is 0 Å². The minimum absolute atomic E-state index is 0.0151. The summed E-state index contributed by atoms with van der Waals surface area (Å²) in [5.41, 5.74) is 0.591. The molecule has 0 aliphatic carbocycles. The fraction of sp³-hybridized carbons (Fsp3) is 0.556. The smallest absolute Gasteiger partial charge is 0.252 e. The number of nitrogens with zero attached hydrogens (tertiary/aromatic N) is 2. The van der Waals surface area contributed by atoms with Crippen LogP contribution < -0.4 is 4.90 Å². The van der Waals surface area contributed by atoms with E-state index in [9.17, 15) is 4.79 Å². The maximum atomic E-state index is 11.6. The molecule has 0 aromatic carbocycles. The number of amides is 1. The van der Waals surface area contributed by atoms with Crippen LogP contribution in [-0.4, -0.2) is 23.5 Å². The Labute approximate surface area is 97.1 Å². The maximum Gasteiger partial charge on any atom is 0.252 e. The summed E-state index contributed by atoms with van der Waals surface area (Å²) in [6.07, 6.45) is 0.444. The lowest BCUT2D eigenvalue weighted by Crippen LogP contribution is -2.24. The van der Waals surface area contributed by atoms with E-state index in [1.807, 2.05) is 0 Å². The number of aryl methyl sites for hydroxylation is 1. The molecule has 4 nitrogen and oxygen atoms in total. The molecule has 1 amide bonds. The summed E-state index contributed by atoms with van der Waals surface area (Å²) in [7, 11) is 0. The van der Waals surface area contributed by atoms with E-state index in [4.69, 9.17) is 27.7 Å². The van der Waals surface area contributed by atoms with Crippen LogP contribution in [0.15, 0.2) is 4.52 Å². The lowest BCUT2D eigenvalue weighted by atomic mass is 10.2. The van der Waals surface area contributed by atoms with Crippen LogP contribution in [0.1, 0.15) is 12.1 Å². The van der Waals surface area contributed by atoms with Crippen molar-refractivity contribution in [1.29, 1.82) is 0 Å². The largest absolute Gasteiger partial charge is 0.336 e. The van der Waals surface area contributed by atoms with Gasteiger partial charge < -0.3 is 4.52 Å². The van der Waals surface area contributed by atoms with E-state index in [0.717, 1.165) is 0 Å². The van der Waals surface area contributed by atoms with Gasteiger partial charge in [-0.3, -0.25) is 9.69 Å². The summed E-state index contributed by atoms with van der Waals surface area (Å²) in [4.78, 5) is 13.1. The average molecular weight is 249 g/mol. The van der Waals surface area contributed by atoms with Gasteiger partial charge in [-0.25, -0.2) is 0 Å². The zero-order chi connectivity index (χ0) is 11.0. The molecule has 6 heteroatoms. The molecule has 0 radical (unpaired) electrons. The van der Waals surface area contributed by atoms with E-state index in [-0.39, 0.29) is 11.8 Å². The third kappa shape index (κ3) is 1.84. The summed E-state index contributed by atoms with van der Waals surface area (Å²) < 4.78 is 5.02. The normalized spacial score (nSPS) is 21.4. The number of hydrogen-bond donors (Lipinski definition) is 0. The molecular formula is C9H10Cl2N2O2. The Bertz CT molecular complexity index is 391. The van der Waals surface area contributed by atoms with Gasteiger partial charge in [0.15, 0.2) is 0 Å². The Morgan fingerprint density at radius 1 is 1.67 bits per heavy atom. The highest BCUT2D eigenvalue weighted by atomic mass is 35.5. The van der Waals surface area contributed by atoms with Crippen LogP contribution in [0, 0.1) is 12.8 Å². The first-order valence-electron chi connectivity index (χ1n) is 4.61. The number of hydrogen-bond acceptors (Lipinski definition) is 3. The van der Waals surface area contributed by atoms with Crippen molar-refractivity contribution in [3.05, 3.63) is 10.7 Å². The first-order chi connectivity index (χ1) is 7.13. The molecule has 1 aromatic rings. The van der Waals surface area contributed by atoms with Gasteiger partial charge in [-0.2, -0.15) is 0 Å². The van der Waals surface area contributed by atoms with Crippen LogP contribution in [0.25, 0.3) is 0 Å². The lowest BCUT2D eigenvalue weighted by Gasteiger charge is -2.11. The van der Waals surface area contributed by atoms with Gasteiger partial charge >= 0.3 is 0 Å². The molecule has 2 rings (SSSR count). The molecule has 1 aromatic heterocycles. The second-order valence-corrected chi connectivity index (χ2v) is 4.30. The number of anilines is 1. The molecular weight excluding hydrogens is 239 g/mol. The molecule has 1 atom stereocenters. The van der Waals surface area contributed by atoms with Gasteiger partial charge in [-0.05, 0) is 12.8 Å². The third-order valence-corrected chi connectivity index (χ3v) is 3.31. The molecule has 15 heavy (non-hydrogen) atoms. The Balaban J connectivity index is 2.25. The highest BCUT2D eigenvalue weighted by molar-refractivity contribution is 6.34. The van der Waals surface area contributed by atoms with Gasteiger partial charge in [-0.15, -0.1) is 11.6 Å². The molecule has 1 saturated heterocycles. The van der Waals surface area contributed by atoms with Gasteiger partial charge in [0.1, 0.15) is 10.7 Å². The van der Waals surface area contributed by atoms with E-state index in [0.29, 0.717) is 35.4 Å². The molecule has 1 unspecified atom stereocenters. The molecule has 2 heterocycles. The Kier molecular flexibility index (Phi) is 2.89. The summed E-state index contributed by atoms with van der Waals surface area (Å²) in [6.45, 7) is 2.28. The minimum Gasteiger partial charge on any atom is -0.336 e. The average Bonchev–Trinajstić information content (AvgIpc) is 2.73. The summed E-state index contributed by atoms with van der Waals surface area (Å²) in [6, 6.07) is 0. The molecule has 1 aliphatic rings. The van der Waals surface area contributed by atoms with Crippen molar-refractivity contribution in [2.75, 3.05) is 17.3 Å². The Morgan fingerprint density at radius 2 is 2.40 bits per heavy atom. The highest BCUT2D eigenvalue weighted by Gasteiger charge is 2.33. The van der Waals surface area contributed by atoms with Gasteiger partial charge in [0.25, 0.3) is 5.88 Å². The zero-order valence-electron chi connectivity index (χ0n) is 8.17. The van der Waals surface area contributed by atoms with Crippen molar-refractivity contribution in [2.24, 2.45) is 5.92 Å². The van der Waals surface area contributed by atoms with Gasteiger partial charge in [0.05, 0.1) is 0 Å². The number of rotatable bonds is 2. The van der Waals surface area contributed by atoms with Crippen molar-refractivity contribution < 1.29 is 9.32 Å². The van der Waals surface area contributed by atoms with Gasteiger partial charge in [0.2, 0.25) is 5.91 Å². The van der Waals surface area contributed by atoms with Crippen molar-refractivity contribution in [1.82, 2.24) is 5.16 Å². The highest BCUT2D eigenvalue weighted by Crippen LogP contribution is 2.33. The van der Waals surface area contributed by atoms with E-state index >= 15 is 0 Å². The number of carbonyl (C=O) groups excluding carboxylic acids is 1. The number of aromatic nitrogens is 1. The van der Waals surface area contributed by atoms with Crippen molar-refractivity contribution in [3.8, 4) is 0 Å². The fourth-order valence-corrected chi connectivity index (χ4v) is 1.97. The monoisotopic (exact) mass is 248 g/mol. The van der Waals surface area contributed by atoms with Crippen molar-refractivity contribution in [2.45, 2.75) is 13.3 Å². The topological polar surface area (TPSA) is 46.3 Å². The maximum absolute atomic E-state index is 11.6. The van der Waals surface area contributed by atoms with E-state index in [1.165, 1.54) is 4.90 Å². The summed E-state index contributed by atoms with van der Waals surface area (Å²) in [5.74, 6) is 0.957. The Hall–Kier alpha value is -0.740. The summed E-state index contributed by atoms with van der Waals surface area (Å²) in [5, 5.41) is 4.11. The summed E-state index contributed by atoms with van der Waals surface area (Å²) >= 11 is 11.7. The third-order valence-electron chi connectivity index (χ3n) is 2.44. The van der Waals surface area contributed by atoms with E-state index < -0.39 is 0 Å². The van der Waals surface area contributed by atoms with Crippen LogP contribution in [-0.2, 0) is 4.79 Å². The molecule has 1 fully saturated rings. The first-order valence-corrected chi connectivity index (χ1v) is 5.52. The quantitative estimate of drug-likeness (QED) is 0.755. The predicted molar refractivity (Wildman–Crippen MR) is 57.4 cm³/mol. The SMILES string of the molecule is Cc1noc(N2CC(CCl)CC2=O)c1Cl. The van der Waals surface area contributed by atoms with Gasteiger partial charge in [-0.1, -0.05) is 16.8 Å². The van der Waals surface area contributed by atoms with Gasteiger partial charge in [0, 0.05) is 18.8 Å². The molecule has 82 valence electrons. The molecule has 0 bridgehead atoms. The number of halogens is 2. The first kappa shape index (κ1) is 10.8. The van der Waals surface area contributed by atoms with E-state index in [1.54, 1.807) is 6.92 Å².